The van der Waals surface area contributed by atoms with Crippen molar-refractivity contribution in [3.05, 3.63) is 27.7 Å². The van der Waals surface area contributed by atoms with Gasteiger partial charge in [-0.05, 0) is 12.1 Å². The number of hydrogen-bond donors (Lipinski definition) is 1. The molecular formula is C14H20Cl2N2O2. The molecule has 0 aromatic heterocycles. The Kier molecular flexibility index (Phi) is 6.39. The van der Waals surface area contributed by atoms with Crippen LogP contribution in [-0.4, -0.2) is 44.3 Å². The number of nitrogens with two attached hydrogens (primary N) is 1. The van der Waals surface area contributed by atoms with E-state index in [1.54, 1.807) is 6.07 Å². The Morgan fingerprint density at radius 3 is 2.75 bits per heavy atom. The van der Waals surface area contributed by atoms with E-state index in [1.807, 2.05) is 0 Å². The van der Waals surface area contributed by atoms with Crippen LogP contribution in [0.1, 0.15) is 12.0 Å². The number of quaternary nitrogens is 1. The van der Waals surface area contributed by atoms with E-state index in [1.165, 1.54) is 6.07 Å². The van der Waals surface area contributed by atoms with Gasteiger partial charge in [-0.15, -0.1) is 0 Å². The smallest absolute Gasteiger partial charge is 0.101 e. The molecule has 2 rings (SSSR count). The molecule has 1 aliphatic rings. The molecule has 2 N–H and O–H groups in total. The third-order valence-corrected chi connectivity index (χ3v) is 3.93. The van der Waals surface area contributed by atoms with Crippen molar-refractivity contribution in [2.24, 2.45) is 0 Å². The molecule has 0 radical (unpaired) electrons. The molecule has 1 aliphatic heterocycles. The predicted molar refractivity (Wildman–Crippen MR) is 78.3 cm³/mol. The lowest BCUT2D eigenvalue weighted by Crippen LogP contribution is -2.82. The fourth-order valence-electron chi connectivity index (χ4n) is 2.31. The molecule has 0 spiro atoms. The first-order chi connectivity index (χ1) is 9.66. The summed E-state index contributed by atoms with van der Waals surface area (Å²) >= 11 is 11.7. The van der Waals surface area contributed by atoms with Crippen LogP contribution < -0.4 is 10.4 Å². The van der Waals surface area contributed by atoms with Crippen LogP contribution in [0.15, 0.2) is 12.1 Å². The van der Waals surface area contributed by atoms with Crippen LogP contribution in [0.2, 0.25) is 10.0 Å². The summed E-state index contributed by atoms with van der Waals surface area (Å²) in [5.74, 6) is -0.111. The average Bonchev–Trinajstić information content (AvgIpc) is 2.44. The monoisotopic (exact) mass is 318 g/mol. The zero-order valence-electron chi connectivity index (χ0n) is 11.4. The van der Waals surface area contributed by atoms with Crippen molar-refractivity contribution in [3.63, 3.8) is 0 Å². The highest BCUT2D eigenvalue weighted by molar-refractivity contribution is 6.35. The molecule has 0 aliphatic carbocycles. The Morgan fingerprint density at radius 2 is 2.00 bits per heavy atom. The lowest BCUT2D eigenvalue weighted by Gasteiger charge is -2.26. The van der Waals surface area contributed by atoms with Gasteiger partial charge < -0.3 is 15.2 Å². The Hall–Kier alpha value is -0.520. The van der Waals surface area contributed by atoms with Gasteiger partial charge in [-0.25, -0.2) is 0 Å². The molecule has 1 aromatic carbocycles. The van der Waals surface area contributed by atoms with Crippen molar-refractivity contribution in [3.8, 4) is 5.75 Å². The summed E-state index contributed by atoms with van der Waals surface area (Å²) in [6.07, 6.45) is 1.10. The number of hydrogen-bond acceptors (Lipinski definition) is 3. The van der Waals surface area contributed by atoms with Gasteiger partial charge in [-0.3, -0.25) is 4.90 Å². The van der Waals surface area contributed by atoms with Gasteiger partial charge in [-0.1, -0.05) is 29.0 Å². The first-order valence-electron chi connectivity index (χ1n) is 6.93. The number of nitrogens with zero attached hydrogens (tertiary/aromatic N) is 1. The van der Waals surface area contributed by atoms with Crippen LogP contribution in [0.3, 0.4) is 0 Å². The highest BCUT2D eigenvalue weighted by Gasteiger charge is 2.09. The molecular weight excluding hydrogens is 299 g/mol. The summed E-state index contributed by atoms with van der Waals surface area (Å²) in [5, 5.41) is 14.7. The standard InChI is InChI=1S/C14H20Cl2N2O2/c15-12-8-11(14(19)13(16)9-12)10-17-2-1-3-18-4-6-20-7-5-18/h8-9,17,19H,1-7,10H2. The first-order valence-corrected chi connectivity index (χ1v) is 7.69. The summed E-state index contributed by atoms with van der Waals surface area (Å²) in [7, 11) is 0. The molecule has 1 aromatic rings. The van der Waals surface area contributed by atoms with Crippen LogP contribution in [0.5, 0.6) is 5.75 Å². The Balaban J connectivity index is 1.68. The average molecular weight is 319 g/mol. The number of morpholine rings is 1. The van der Waals surface area contributed by atoms with Crippen LogP contribution >= 0.6 is 23.2 Å². The van der Waals surface area contributed by atoms with Gasteiger partial charge in [-0.2, -0.15) is 0 Å². The van der Waals surface area contributed by atoms with Gasteiger partial charge in [0.1, 0.15) is 6.54 Å². The van der Waals surface area contributed by atoms with Gasteiger partial charge in [0.2, 0.25) is 0 Å². The van der Waals surface area contributed by atoms with Crippen LogP contribution in [0.25, 0.3) is 0 Å². The Bertz CT molecular complexity index is 437. The quantitative estimate of drug-likeness (QED) is 0.791. The number of ether oxygens (including phenoxy) is 1. The van der Waals surface area contributed by atoms with E-state index in [4.69, 9.17) is 27.9 Å². The van der Waals surface area contributed by atoms with E-state index in [9.17, 15) is 5.11 Å². The second-order valence-electron chi connectivity index (χ2n) is 4.96. The van der Waals surface area contributed by atoms with Crippen molar-refractivity contribution < 1.29 is 15.2 Å². The topological polar surface area (TPSA) is 52.1 Å². The molecule has 1 heterocycles. The van der Waals surface area contributed by atoms with Crippen molar-refractivity contribution >= 4 is 23.2 Å². The van der Waals surface area contributed by atoms with Gasteiger partial charge in [0, 0.05) is 41.7 Å². The highest BCUT2D eigenvalue weighted by atomic mass is 35.5. The van der Waals surface area contributed by atoms with Crippen LogP contribution in [0, 0.1) is 0 Å². The summed E-state index contributed by atoms with van der Waals surface area (Å²) in [6.45, 7) is 6.42. The molecule has 4 nitrogen and oxygen atoms in total. The molecule has 1 saturated heterocycles. The number of rotatable bonds is 6. The van der Waals surface area contributed by atoms with Gasteiger partial charge in [0.25, 0.3) is 0 Å². The largest absolute Gasteiger partial charge is 0.871 e. The van der Waals surface area contributed by atoms with E-state index in [-0.39, 0.29) is 10.8 Å². The highest BCUT2D eigenvalue weighted by Crippen LogP contribution is 2.28. The third kappa shape index (κ3) is 4.79. The zero-order chi connectivity index (χ0) is 14.4. The van der Waals surface area contributed by atoms with E-state index in [0.717, 1.165) is 45.8 Å². The summed E-state index contributed by atoms with van der Waals surface area (Å²) in [6, 6.07) is 3.20. The molecule has 0 bridgehead atoms. The molecule has 112 valence electrons. The van der Waals surface area contributed by atoms with E-state index in [0.29, 0.717) is 17.1 Å². The van der Waals surface area contributed by atoms with E-state index >= 15 is 0 Å². The second kappa shape index (κ2) is 8.05. The first kappa shape index (κ1) is 15.9. The molecule has 0 atom stereocenters. The minimum Gasteiger partial charge on any atom is -0.871 e. The second-order valence-corrected chi connectivity index (χ2v) is 5.81. The summed E-state index contributed by atoms with van der Waals surface area (Å²) in [4.78, 5) is 2.41. The fourth-order valence-corrected chi connectivity index (χ4v) is 2.84. The molecule has 20 heavy (non-hydrogen) atoms. The van der Waals surface area contributed by atoms with E-state index < -0.39 is 0 Å². The molecule has 1 fully saturated rings. The van der Waals surface area contributed by atoms with Gasteiger partial charge in [0.05, 0.1) is 19.8 Å². The van der Waals surface area contributed by atoms with Gasteiger partial charge >= 0.3 is 0 Å². The predicted octanol–water partition coefficient (Wildman–Crippen LogP) is 0.853. The van der Waals surface area contributed by atoms with Crippen molar-refractivity contribution in [2.45, 2.75) is 13.0 Å². The zero-order valence-corrected chi connectivity index (χ0v) is 12.9. The SMILES string of the molecule is [O-]c1c(Cl)cc(Cl)cc1C[NH2+]CCCN1CCOCC1. The number of benzene rings is 1. The number of halogens is 2. The molecule has 0 saturated carbocycles. The lowest BCUT2D eigenvalue weighted by atomic mass is 10.2. The third-order valence-electron chi connectivity index (χ3n) is 3.44. The fraction of sp³-hybridized carbons (Fsp3) is 0.571. The maximum Gasteiger partial charge on any atom is 0.101 e. The summed E-state index contributed by atoms with van der Waals surface area (Å²) < 4.78 is 5.31. The van der Waals surface area contributed by atoms with Crippen molar-refractivity contribution in [1.82, 2.24) is 4.90 Å². The van der Waals surface area contributed by atoms with E-state index in [2.05, 4.69) is 10.2 Å². The minimum absolute atomic E-state index is 0.111. The van der Waals surface area contributed by atoms with Crippen LogP contribution in [-0.2, 0) is 11.3 Å². The van der Waals surface area contributed by atoms with Gasteiger partial charge in [0.15, 0.2) is 0 Å². The molecule has 0 amide bonds. The maximum absolute atomic E-state index is 11.8. The minimum atomic E-state index is -0.111. The Labute approximate surface area is 129 Å². The molecule has 6 heteroatoms. The lowest BCUT2D eigenvalue weighted by molar-refractivity contribution is -0.671. The Morgan fingerprint density at radius 1 is 1.25 bits per heavy atom. The van der Waals surface area contributed by atoms with Crippen molar-refractivity contribution in [1.29, 1.82) is 0 Å². The summed E-state index contributed by atoms with van der Waals surface area (Å²) in [5.41, 5.74) is 0.675. The normalized spacial score (nSPS) is 16.5. The van der Waals surface area contributed by atoms with Crippen LogP contribution in [0.4, 0.5) is 0 Å². The maximum atomic E-state index is 11.8. The molecule has 0 unspecified atom stereocenters. The van der Waals surface area contributed by atoms with Crippen molar-refractivity contribution in [2.75, 3.05) is 39.4 Å².